The molecule has 1 amide bonds. The number of hydrogen-bond acceptors (Lipinski definition) is 6. The average molecular weight is 481 g/mol. The molecule has 35 heavy (non-hydrogen) atoms. The van der Waals surface area contributed by atoms with Gasteiger partial charge >= 0.3 is 0 Å². The molecule has 0 unspecified atom stereocenters. The standard InChI is InChI=1S/C25H22F3N5O2/c1-14-4-2-11-33(19(14)13-31-25-32-18-12-15(26)5-8-20(18)35-25)24(34)21-16(6-7-17(27)22(21)28)23-29-9-3-10-30-23/h3,5-10,12,14,19H,2,4,11,13H2,1H3,(H,31,32)/t14-,19-/m1/s1. The molecule has 3 heterocycles. The van der Waals surface area contributed by atoms with Crippen molar-refractivity contribution in [2.75, 3.05) is 18.4 Å². The van der Waals surface area contributed by atoms with Crippen LogP contribution in [0.5, 0.6) is 0 Å². The van der Waals surface area contributed by atoms with Crippen LogP contribution < -0.4 is 5.32 Å². The van der Waals surface area contributed by atoms with Crippen LogP contribution in [0.15, 0.2) is 53.2 Å². The Bertz CT molecular complexity index is 1380. The van der Waals surface area contributed by atoms with Crippen molar-refractivity contribution in [2.24, 2.45) is 5.92 Å². The third-order valence-electron chi connectivity index (χ3n) is 6.30. The van der Waals surface area contributed by atoms with Gasteiger partial charge in [0.2, 0.25) is 0 Å². The second kappa shape index (κ2) is 9.36. The summed E-state index contributed by atoms with van der Waals surface area (Å²) in [6.07, 6.45) is 4.52. The predicted octanol–water partition coefficient (Wildman–Crippen LogP) is 5.05. The first-order chi connectivity index (χ1) is 16.9. The zero-order chi connectivity index (χ0) is 24.5. The molecule has 5 rings (SSSR count). The fourth-order valence-electron chi connectivity index (χ4n) is 4.51. The van der Waals surface area contributed by atoms with E-state index in [1.165, 1.54) is 36.7 Å². The van der Waals surface area contributed by atoms with Gasteiger partial charge in [0, 0.05) is 37.1 Å². The number of carbonyl (C=O) groups is 1. The Morgan fingerprint density at radius 3 is 2.77 bits per heavy atom. The Hall–Kier alpha value is -3.95. The Morgan fingerprint density at radius 1 is 1.17 bits per heavy atom. The molecule has 1 saturated heterocycles. The first kappa shape index (κ1) is 22.8. The highest BCUT2D eigenvalue weighted by atomic mass is 19.2. The number of halogens is 3. The Kier molecular flexibility index (Phi) is 6.10. The van der Waals surface area contributed by atoms with Gasteiger partial charge in [0.15, 0.2) is 23.0 Å². The van der Waals surface area contributed by atoms with Gasteiger partial charge in [-0.15, -0.1) is 0 Å². The van der Waals surface area contributed by atoms with Crippen LogP contribution >= 0.6 is 0 Å². The molecule has 4 aromatic rings. The minimum Gasteiger partial charge on any atom is -0.424 e. The Balaban J connectivity index is 1.45. The van der Waals surface area contributed by atoms with E-state index >= 15 is 4.39 Å². The van der Waals surface area contributed by atoms with Crippen molar-refractivity contribution >= 4 is 23.0 Å². The first-order valence-corrected chi connectivity index (χ1v) is 11.3. The summed E-state index contributed by atoms with van der Waals surface area (Å²) in [5.74, 6) is -3.21. The van der Waals surface area contributed by atoms with Gasteiger partial charge in [0.25, 0.3) is 11.9 Å². The largest absolute Gasteiger partial charge is 0.424 e. The molecule has 1 fully saturated rings. The minimum atomic E-state index is -1.23. The molecule has 0 bridgehead atoms. The number of oxazole rings is 1. The normalized spacial score (nSPS) is 18.1. The highest BCUT2D eigenvalue weighted by Gasteiger charge is 2.35. The van der Waals surface area contributed by atoms with E-state index in [9.17, 15) is 13.6 Å². The van der Waals surface area contributed by atoms with E-state index in [1.807, 2.05) is 6.92 Å². The molecule has 0 radical (unpaired) electrons. The van der Waals surface area contributed by atoms with Crippen molar-refractivity contribution < 1.29 is 22.4 Å². The number of likely N-dealkylation sites (tertiary alicyclic amines) is 1. The van der Waals surface area contributed by atoms with Gasteiger partial charge in [-0.1, -0.05) is 6.92 Å². The van der Waals surface area contributed by atoms with Gasteiger partial charge in [-0.05, 0) is 49.1 Å². The summed E-state index contributed by atoms with van der Waals surface area (Å²) < 4.78 is 48.4. The van der Waals surface area contributed by atoms with Crippen LogP contribution in [0, 0.1) is 23.4 Å². The van der Waals surface area contributed by atoms with E-state index in [0.29, 0.717) is 17.6 Å². The second-order valence-corrected chi connectivity index (χ2v) is 8.55. The number of aromatic nitrogens is 3. The van der Waals surface area contributed by atoms with E-state index in [4.69, 9.17) is 4.42 Å². The van der Waals surface area contributed by atoms with Crippen LogP contribution in [0.4, 0.5) is 19.2 Å². The van der Waals surface area contributed by atoms with Crippen LogP contribution in [0.25, 0.3) is 22.5 Å². The summed E-state index contributed by atoms with van der Waals surface area (Å²) in [7, 11) is 0. The number of nitrogens with one attached hydrogen (secondary N) is 1. The summed E-state index contributed by atoms with van der Waals surface area (Å²) in [5.41, 5.74) is 0.521. The van der Waals surface area contributed by atoms with Crippen molar-refractivity contribution in [1.29, 1.82) is 0 Å². The number of fused-ring (bicyclic) bond motifs is 1. The zero-order valence-electron chi connectivity index (χ0n) is 18.8. The van der Waals surface area contributed by atoms with Crippen LogP contribution in [-0.4, -0.2) is 44.9 Å². The van der Waals surface area contributed by atoms with E-state index < -0.39 is 28.9 Å². The molecule has 2 aromatic heterocycles. The predicted molar refractivity (Wildman–Crippen MR) is 123 cm³/mol. The summed E-state index contributed by atoms with van der Waals surface area (Å²) in [5, 5.41) is 3.08. The number of rotatable bonds is 5. The van der Waals surface area contributed by atoms with E-state index in [1.54, 1.807) is 11.0 Å². The number of piperidine rings is 1. The van der Waals surface area contributed by atoms with Gasteiger partial charge in [-0.2, -0.15) is 4.98 Å². The van der Waals surface area contributed by atoms with Crippen molar-refractivity contribution in [1.82, 2.24) is 19.9 Å². The number of anilines is 1. The van der Waals surface area contributed by atoms with Gasteiger partial charge in [0.05, 0.1) is 11.6 Å². The zero-order valence-corrected chi connectivity index (χ0v) is 18.8. The molecule has 0 aliphatic carbocycles. The molecule has 10 heteroatoms. The highest BCUT2D eigenvalue weighted by Crippen LogP contribution is 2.31. The fraction of sp³-hybridized carbons (Fsp3) is 0.280. The SMILES string of the molecule is C[C@@H]1CCCN(C(=O)c2c(-c3ncccn3)ccc(F)c2F)[C@@H]1CNc1nc2cc(F)ccc2o1. The monoisotopic (exact) mass is 481 g/mol. The average Bonchev–Trinajstić information content (AvgIpc) is 3.26. The molecular formula is C25H22F3N5O2. The molecule has 0 spiro atoms. The lowest BCUT2D eigenvalue weighted by atomic mass is 9.89. The smallest absolute Gasteiger partial charge is 0.295 e. The Labute approximate surface area is 199 Å². The molecule has 1 aliphatic rings. The topological polar surface area (TPSA) is 84.2 Å². The molecule has 2 atom stereocenters. The number of hydrogen-bond donors (Lipinski definition) is 1. The van der Waals surface area contributed by atoms with E-state index in [0.717, 1.165) is 18.9 Å². The van der Waals surface area contributed by atoms with Crippen molar-refractivity contribution in [3.05, 3.63) is 71.8 Å². The first-order valence-electron chi connectivity index (χ1n) is 11.3. The quantitative estimate of drug-likeness (QED) is 0.429. The third kappa shape index (κ3) is 4.43. The second-order valence-electron chi connectivity index (χ2n) is 8.55. The van der Waals surface area contributed by atoms with E-state index in [2.05, 4.69) is 20.3 Å². The molecule has 7 nitrogen and oxygen atoms in total. The van der Waals surface area contributed by atoms with Gasteiger partial charge in [-0.25, -0.2) is 23.1 Å². The van der Waals surface area contributed by atoms with Crippen LogP contribution in [0.3, 0.4) is 0 Å². The minimum absolute atomic E-state index is 0.0649. The van der Waals surface area contributed by atoms with Crippen LogP contribution in [0.1, 0.15) is 30.1 Å². The maximum atomic E-state index is 15.0. The summed E-state index contributed by atoms with van der Waals surface area (Å²) >= 11 is 0. The molecule has 1 N–H and O–H groups in total. The molecule has 1 aliphatic heterocycles. The summed E-state index contributed by atoms with van der Waals surface area (Å²) in [6, 6.07) is 7.75. The number of amides is 1. The molecule has 180 valence electrons. The maximum Gasteiger partial charge on any atom is 0.295 e. The maximum absolute atomic E-state index is 15.0. The lowest BCUT2D eigenvalue weighted by Gasteiger charge is -2.40. The lowest BCUT2D eigenvalue weighted by Crippen LogP contribution is -2.51. The van der Waals surface area contributed by atoms with Crippen molar-refractivity contribution in [3.63, 3.8) is 0 Å². The van der Waals surface area contributed by atoms with Gasteiger partial charge < -0.3 is 14.6 Å². The molecule has 0 saturated carbocycles. The summed E-state index contributed by atoms with van der Waals surface area (Å²) in [4.78, 5) is 27.7. The molecule has 2 aromatic carbocycles. The highest BCUT2D eigenvalue weighted by molar-refractivity contribution is 6.00. The van der Waals surface area contributed by atoms with E-state index in [-0.39, 0.29) is 35.9 Å². The summed E-state index contributed by atoms with van der Waals surface area (Å²) in [6.45, 7) is 2.63. The van der Waals surface area contributed by atoms with Gasteiger partial charge in [0.1, 0.15) is 11.3 Å². The lowest BCUT2D eigenvalue weighted by molar-refractivity contribution is 0.0534. The van der Waals surface area contributed by atoms with Gasteiger partial charge in [-0.3, -0.25) is 4.79 Å². The van der Waals surface area contributed by atoms with Crippen LogP contribution in [0.2, 0.25) is 0 Å². The van der Waals surface area contributed by atoms with Crippen molar-refractivity contribution in [3.8, 4) is 11.4 Å². The molecular weight excluding hydrogens is 459 g/mol. The third-order valence-corrected chi connectivity index (χ3v) is 6.30. The number of nitrogens with zero attached hydrogens (tertiary/aromatic N) is 4. The number of benzene rings is 2. The Morgan fingerprint density at radius 2 is 1.97 bits per heavy atom. The van der Waals surface area contributed by atoms with Crippen molar-refractivity contribution in [2.45, 2.75) is 25.8 Å². The number of carbonyl (C=O) groups excluding carboxylic acids is 1. The van der Waals surface area contributed by atoms with Crippen LogP contribution in [-0.2, 0) is 0 Å². The fourth-order valence-corrected chi connectivity index (χ4v) is 4.51.